The Hall–Kier alpha value is -2.20. The topological polar surface area (TPSA) is 147 Å². The number of nitro benzene ring substituents is 1. The molecule has 0 saturated carbocycles. The van der Waals surface area contributed by atoms with Gasteiger partial charge in [0.25, 0.3) is 0 Å². The third kappa shape index (κ3) is 3.47. The van der Waals surface area contributed by atoms with Gasteiger partial charge in [-0.25, -0.2) is 8.42 Å². The predicted molar refractivity (Wildman–Crippen MR) is 71.4 cm³/mol. The van der Waals surface area contributed by atoms with Gasteiger partial charge in [0.05, 0.1) is 9.82 Å². The molecule has 1 unspecified atom stereocenters. The lowest BCUT2D eigenvalue weighted by Gasteiger charge is -2.24. The number of aliphatic carboxylic acids is 1. The van der Waals surface area contributed by atoms with E-state index < -0.39 is 42.8 Å². The van der Waals surface area contributed by atoms with E-state index in [4.69, 9.17) is 5.11 Å². The summed E-state index contributed by atoms with van der Waals surface area (Å²) in [5.41, 5.74) is -2.53. The summed E-state index contributed by atoms with van der Waals surface area (Å²) >= 11 is 0. The summed E-state index contributed by atoms with van der Waals surface area (Å²) in [7, 11) is -4.29. The Balaban J connectivity index is 3.29. The molecule has 0 fully saturated rings. The lowest BCUT2D eigenvalue weighted by molar-refractivity contribution is -0.386. The van der Waals surface area contributed by atoms with Crippen molar-refractivity contribution in [2.24, 2.45) is 0 Å². The molecule has 1 aromatic rings. The summed E-state index contributed by atoms with van der Waals surface area (Å²) in [6.45, 7) is 2.66. The first kappa shape index (κ1) is 16.9. The minimum absolute atomic E-state index is 0.0261. The Kier molecular flexibility index (Phi) is 4.54. The molecule has 9 nitrogen and oxygen atoms in total. The van der Waals surface area contributed by atoms with Gasteiger partial charge in [0.1, 0.15) is 5.54 Å². The molecule has 0 aliphatic carbocycles. The van der Waals surface area contributed by atoms with E-state index in [0.717, 1.165) is 12.1 Å². The molecule has 1 aromatic carbocycles. The highest BCUT2D eigenvalue weighted by Crippen LogP contribution is 2.28. The quantitative estimate of drug-likeness (QED) is 0.520. The van der Waals surface area contributed by atoms with E-state index in [9.17, 15) is 28.4 Å². The van der Waals surface area contributed by atoms with Crippen molar-refractivity contribution < 1.29 is 28.3 Å². The maximum atomic E-state index is 12.1. The molecule has 21 heavy (non-hydrogen) atoms. The number of benzene rings is 1. The summed E-state index contributed by atoms with van der Waals surface area (Å²) in [6.07, 6.45) is -0.0261. The van der Waals surface area contributed by atoms with E-state index in [1.165, 1.54) is 13.8 Å². The third-order valence-corrected chi connectivity index (χ3v) is 4.59. The summed E-state index contributed by atoms with van der Waals surface area (Å²) in [5.74, 6) is -2.06. The number of carbonyl (C=O) groups is 1. The molecule has 0 aliphatic heterocycles. The van der Waals surface area contributed by atoms with E-state index in [2.05, 4.69) is 0 Å². The van der Waals surface area contributed by atoms with Crippen molar-refractivity contribution in [1.29, 1.82) is 0 Å². The minimum Gasteiger partial charge on any atom is -0.502 e. The second-order valence-corrected chi connectivity index (χ2v) is 6.19. The van der Waals surface area contributed by atoms with Crippen molar-refractivity contribution >= 4 is 21.7 Å². The lowest BCUT2D eigenvalue weighted by Crippen LogP contribution is -2.51. The second-order valence-electron chi connectivity index (χ2n) is 4.50. The van der Waals surface area contributed by atoms with E-state index >= 15 is 0 Å². The number of carboxylic acids is 1. The number of sulfonamides is 1. The Bertz CT molecular complexity index is 686. The van der Waals surface area contributed by atoms with Gasteiger partial charge in [-0.1, -0.05) is 6.92 Å². The summed E-state index contributed by atoms with van der Waals surface area (Å²) < 4.78 is 26.2. The highest BCUT2D eigenvalue weighted by atomic mass is 32.2. The predicted octanol–water partition coefficient (Wildman–Crippen LogP) is 0.832. The van der Waals surface area contributed by atoms with Crippen LogP contribution in [0, 0.1) is 10.1 Å². The molecule has 0 spiro atoms. The molecule has 0 aromatic heterocycles. The van der Waals surface area contributed by atoms with E-state index in [1.807, 2.05) is 4.72 Å². The van der Waals surface area contributed by atoms with Gasteiger partial charge in [0.15, 0.2) is 5.75 Å². The molecule has 1 atom stereocenters. The Labute approximate surface area is 120 Å². The molecule has 0 bridgehead atoms. The van der Waals surface area contributed by atoms with Crippen molar-refractivity contribution in [2.45, 2.75) is 30.7 Å². The molecule has 0 saturated heterocycles. The van der Waals surface area contributed by atoms with Crippen molar-refractivity contribution in [3.8, 4) is 5.75 Å². The van der Waals surface area contributed by atoms with Crippen LogP contribution in [0.25, 0.3) is 0 Å². The van der Waals surface area contributed by atoms with E-state index in [0.29, 0.717) is 6.07 Å². The summed E-state index contributed by atoms with van der Waals surface area (Å²) in [5, 5.41) is 29.0. The molecule has 0 heterocycles. The van der Waals surface area contributed by atoms with Gasteiger partial charge >= 0.3 is 11.7 Å². The maximum absolute atomic E-state index is 12.1. The number of phenols is 1. The van der Waals surface area contributed by atoms with Gasteiger partial charge in [-0.3, -0.25) is 14.9 Å². The third-order valence-electron chi connectivity index (χ3n) is 2.99. The zero-order valence-corrected chi connectivity index (χ0v) is 12.0. The first-order valence-electron chi connectivity index (χ1n) is 5.78. The number of hydrogen-bond donors (Lipinski definition) is 3. The first-order chi connectivity index (χ1) is 9.53. The van der Waals surface area contributed by atoms with Crippen LogP contribution in [0.4, 0.5) is 5.69 Å². The Morgan fingerprint density at radius 1 is 1.48 bits per heavy atom. The van der Waals surface area contributed by atoms with Crippen LogP contribution in [0.15, 0.2) is 23.1 Å². The molecular formula is C11H14N2O7S. The number of nitrogens with zero attached hydrogens (tertiary/aromatic N) is 1. The van der Waals surface area contributed by atoms with Crippen molar-refractivity contribution in [2.75, 3.05) is 0 Å². The Morgan fingerprint density at radius 2 is 2.05 bits per heavy atom. The van der Waals surface area contributed by atoms with Crippen LogP contribution in [0.5, 0.6) is 5.75 Å². The van der Waals surface area contributed by atoms with Crippen LogP contribution in [0.3, 0.4) is 0 Å². The highest BCUT2D eigenvalue weighted by molar-refractivity contribution is 7.89. The first-order valence-corrected chi connectivity index (χ1v) is 7.26. The largest absolute Gasteiger partial charge is 0.502 e. The normalized spacial score (nSPS) is 14.4. The van der Waals surface area contributed by atoms with Crippen LogP contribution in [0.2, 0.25) is 0 Å². The fraction of sp³-hybridized carbons (Fsp3) is 0.364. The van der Waals surface area contributed by atoms with Gasteiger partial charge in [-0.15, -0.1) is 0 Å². The minimum atomic E-state index is -4.29. The molecule has 0 radical (unpaired) electrons. The van der Waals surface area contributed by atoms with E-state index in [1.54, 1.807) is 0 Å². The number of rotatable bonds is 6. The van der Waals surface area contributed by atoms with Gasteiger partial charge in [-0.05, 0) is 25.5 Å². The Morgan fingerprint density at radius 3 is 2.48 bits per heavy atom. The van der Waals surface area contributed by atoms with E-state index in [-0.39, 0.29) is 6.42 Å². The summed E-state index contributed by atoms with van der Waals surface area (Å²) in [4.78, 5) is 20.4. The molecule has 0 amide bonds. The van der Waals surface area contributed by atoms with Gasteiger partial charge in [0.2, 0.25) is 10.0 Å². The van der Waals surface area contributed by atoms with Gasteiger partial charge in [0, 0.05) is 6.07 Å². The molecule has 116 valence electrons. The number of nitro groups is 1. The van der Waals surface area contributed by atoms with Crippen LogP contribution >= 0.6 is 0 Å². The number of carboxylic acid groups (broad SMARTS) is 1. The standard InChI is InChI=1S/C11H14N2O7S/c1-3-11(2,10(15)16)12-21(19,20)7-4-5-9(14)8(6-7)13(17)18/h4-6,12,14H,3H2,1-2H3,(H,15,16). The molecular weight excluding hydrogens is 304 g/mol. The van der Waals surface area contributed by atoms with Crippen LogP contribution in [-0.4, -0.2) is 35.1 Å². The zero-order valence-electron chi connectivity index (χ0n) is 11.2. The van der Waals surface area contributed by atoms with Crippen molar-refractivity contribution in [3.05, 3.63) is 28.3 Å². The number of phenolic OH excluding ortho intramolecular Hbond substituents is 1. The molecule has 0 aliphatic rings. The molecule has 3 N–H and O–H groups in total. The zero-order chi connectivity index (χ0) is 16.4. The fourth-order valence-electron chi connectivity index (χ4n) is 1.44. The number of aromatic hydroxyl groups is 1. The SMILES string of the molecule is CCC(C)(NS(=O)(=O)c1ccc(O)c([N+](=O)[O-])c1)C(=O)O. The fourth-order valence-corrected chi connectivity index (χ4v) is 2.90. The van der Waals surface area contributed by atoms with Crippen molar-refractivity contribution in [3.63, 3.8) is 0 Å². The molecule has 10 heteroatoms. The second kappa shape index (κ2) is 5.66. The lowest BCUT2D eigenvalue weighted by atomic mass is 10.0. The van der Waals surface area contributed by atoms with Crippen molar-refractivity contribution in [1.82, 2.24) is 4.72 Å². The van der Waals surface area contributed by atoms with Gasteiger partial charge in [-0.2, -0.15) is 4.72 Å². The number of hydrogen-bond acceptors (Lipinski definition) is 6. The monoisotopic (exact) mass is 318 g/mol. The van der Waals surface area contributed by atoms with Crippen LogP contribution in [0.1, 0.15) is 20.3 Å². The van der Waals surface area contributed by atoms with Gasteiger partial charge < -0.3 is 10.2 Å². The maximum Gasteiger partial charge on any atom is 0.324 e. The smallest absolute Gasteiger partial charge is 0.324 e. The average Bonchev–Trinajstić information content (AvgIpc) is 2.37. The molecule has 1 rings (SSSR count). The highest BCUT2D eigenvalue weighted by Gasteiger charge is 2.36. The summed E-state index contributed by atoms with van der Waals surface area (Å²) in [6, 6.07) is 2.47. The van der Waals surface area contributed by atoms with Crippen LogP contribution in [-0.2, 0) is 14.8 Å². The van der Waals surface area contributed by atoms with Crippen LogP contribution < -0.4 is 4.72 Å². The number of nitrogens with one attached hydrogen (secondary N) is 1. The average molecular weight is 318 g/mol.